The van der Waals surface area contributed by atoms with Gasteiger partial charge in [0.1, 0.15) is 5.82 Å². The molecule has 1 aliphatic carbocycles. The van der Waals surface area contributed by atoms with Crippen LogP contribution in [0, 0.1) is 11.8 Å². The lowest BCUT2D eigenvalue weighted by Crippen LogP contribution is -2.39. The fraction of sp³-hybridized carbons (Fsp3) is 0.571. The normalized spacial score (nSPS) is 21.7. The summed E-state index contributed by atoms with van der Waals surface area (Å²) in [4.78, 5) is 15.1. The molecular weight excluding hydrogens is 406 g/mol. The number of hydrogen-bond donors (Lipinski definition) is 0. The molecule has 0 bridgehead atoms. The molecule has 176 valence electrons. The third-order valence-corrected chi connectivity index (χ3v) is 7.49. The van der Waals surface area contributed by atoms with Crippen LogP contribution >= 0.6 is 0 Å². The second-order valence-electron chi connectivity index (χ2n) is 10.7. The van der Waals surface area contributed by atoms with Crippen LogP contribution in [0.3, 0.4) is 0 Å². The van der Waals surface area contributed by atoms with Gasteiger partial charge in [-0.3, -0.25) is 9.88 Å². The topological polar surface area (TPSA) is 37.2 Å². The number of aryl methyl sites for hydroxylation is 1. The van der Waals surface area contributed by atoms with E-state index in [4.69, 9.17) is 9.97 Å². The number of hydrogen-bond acceptors (Lipinski definition) is 4. The van der Waals surface area contributed by atoms with Gasteiger partial charge in [0, 0.05) is 25.8 Å². The van der Waals surface area contributed by atoms with Crippen molar-refractivity contribution in [2.24, 2.45) is 11.8 Å². The highest BCUT2D eigenvalue weighted by Gasteiger charge is 2.27. The molecule has 5 rings (SSSR count). The van der Waals surface area contributed by atoms with Gasteiger partial charge in [0.25, 0.3) is 0 Å². The van der Waals surface area contributed by atoms with Crippen molar-refractivity contribution in [3.63, 3.8) is 0 Å². The SMILES string of the molecule is CC(C)CN1CCC[C@H](Cn2c(CN(C)C3CCCc4cccnc43)nc3ccccc32)C1. The summed E-state index contributed by atoms with van der Waals surface area (Å²) in [7, 11) is 2.25. The summed E-state index contributed by atoms with van der Waals surface area (Å²) in [5.41, 5.74) is 5.09. The molecule has 0 radical (unpaired) electrons. The van der Waals surface area contributed by atoms with Crippen LogP contribution < -0.4 is 0 Å². The zero-order chi connectivity index (χ0) is 22.8. The van der Waals surface area contributed by atoms with Gasteiger partial charge in [-0.25, -0.2) is 4.98 Å². The van der Waals surface area contributed by atoms with E-state index in [-0.39, 0.29) is 0 Å². The van der Waals surface area contributed by atoms with E-state index in [1.807, 2.05) is 6.20 Å². The molecular formula is C28H39N5. The average molecular weight is 446 g/mol. The minimum Gasteiger partial charge on any atom is -0.327 e. The molecule has 2 atom stereocenters. The van der Waals surface area contributed by atoms with E-state index in [0.717, 1.165) is 30.9 Å². The summed E-state index contributed by atoms with van der Waals surface area (Å²) in [5, 5.41) is 0. The van der Waals surface area contributed by atoms with Gasteiger partial charge in [0.2, 0.25) is 0 Å². The van der Waals surface area contributed by atoms with Crippen LogP contribution in [0.15, 0.2) is 42.6 Å². The monoisotopic (exact) mass is 445 g/mol. The average Bonchev–Trinajstić information content (AvgIpc) is 3.15. The van der Waals surface area contributed by atoms with Crippen molar-refractivity contribution in [3.05, 3.63) is 59.7 Å². The van der Waals surface area contributed by atoms with Crippen molar-refractivity contribution in [3.8, 4) is 0 Å². The van der Waals surface area contributed by atoms with E-state index in [1.165, 1.54) is 67.9 Å². The van der Waals surface area contributed by atoms with Crippen LogP contribution in [-0.4, -0.2) is 51.0 Å². The van der Waals surface area contributed by atoms with E-state index in [1.54, 1.807) is 0 Å². The summed E-state index contributed by atoms with van der Waals surface area (Å²) in [5.74, 6) is 2.62. The van der Waals surface area contributed by atoms with Crippen LogP contribution in [0.1, 0.15) is 62.7 Å². The van der Waals surface area contributed by atoms with Gasteiger partial charge in [-0.1, -0.05) is 32.0 Å². The zero-order valence-electron chi connectivity index (χ0n) is 20.6. The Hall–Kier alpha value is -2.24. The molecule has 0 spiro atoms. The summed E-state index contributed by atoms with van der Waals surface area (Å²) in [6, 6.07) is 13.4. The van der Waals surface area contributed by atoms with E-state index >= 15 is 0 Å². The standard InChI is InChI=1S/C28H39N5/c1-21(2)17-32-16-8-9-22(18-32)19-33-25-13-5-4-12-24(25)30-27(33)20-31(3)26-14-6-10-23-11-7-15-29-28(23)26/h4-5,7,11-13,15,21-22,26H,6,8-10,14,16-20H2,1-3H3/t22-,26?/m0/s1. The molecule has 3 aromatic rings. The minimum absolute atomic E-state index is 0.374. The summed E-state index contributed by atoms with van der Waals surface area (Å²) in [6.45, 7) is 10.3. The highest BCUT2D eigenvalue weighted by atomic mass is 15.2. The van der Waals surface area contributed by atoms with Crippen molar-refractivity contribution in [1.82, 2.24) is 24.3 Å². The largest absolute Gasteiger partial charge is 0.327 e. The third-order valence-electron chi connectivity index (χ3n) is 7.49. The van der Waals surface area contributed by atoms with Crippen molar-refractivity contribution in [2.75, 3.05) is 26.7 Å². The maximum atomic E-state index is 5.12. The lowest BCUT2D eigenvalue weighted by molar-refractivity contribution is 0.146. The van der Waals surface area contributed by atoms with E-state index in [0.29, 0.717) is 12.0 Å². The molecule has 0 amide bonds. The molecule has 1 aromatic carbocycles. The quantitative estimate of drug-likeness (QED) is 0.494. The molecule has 0 N–H and O–H groups in total. The highest BCUT2D eigenvalue weighted by molar-refractivity contribution is 5.75. The number of nitrogens with zero attached hydrogens (tertiary/aromatic N) is 5. The molecule has 5 nitrogen and oxygen atoms in total. The first-order chi connectivity index (χ1) is 16.1. The lowest BCUT2D eigenvalue weighted by atomic mass is 9.91. The van der Waals surface area contributed by atoms with Crippen molar-refractivity contribution in [2.45, 2.75) is 65.1 Å². The first kappa shape index (κ1) is 22.5. The summed E-state index contributed by atoms with van der Waals surface area (Å²) in [6.07, 6.45) is 8.14. The lowest BCUT2D eigenvalue weighted by Gasteiger charge is -2.35. The first-order valence-electron chi connectivity index (χ1n) is 12.9. The minimum atomic E-state index is 0.374. The Morgan fingerprint density at radius 3 is 2.85 bits per heavy atom. The Kier molecular flexibility index (Phi) is 6.79. The predicted molar refractivity (Wildman–Crippen MR) is 135 cm³/mol. The summed E-state index contributed by atoms with van der Waals surface area (Å²) < 4.78 is 2.53. The van der Waals surface area contributed by atoms with Gasteiger partial charge in [-0.15, -0.1) is 0 Å². The van der Waals surface area contributed by atoms with Crippen LogP contribution in [0.2, 0.25) is 0 Å². The maximum Gasteiger partial charge on any atom is 0.124 e. The molecule has 1 unspecified atom stereocenters. The fourth-order valence-electron chi connectivity index (χ4n) is 6.04. The number of aromatic nitrogens is 3. The van der Waals surface area contributed by atoms with Gasteiger partial charge in [-0.05, 0) is 81.3 Å². The first-order valence-corrected chi connectivity index (χ1v) is 12.9. The number of imidazole rings is 1. The van der Waals surface area contributed by atoms with E-state index in [2.05, 4.69) is 71.7 Å². The van der Waals surface area contributed by atoms with Crippen LogP contribution in [0.25, 0.3) is 11.0 Å². The Morgan fingerprint density at radius 1 is 1.09 bits per heavy atom. The number of rotatable bonds is 7. The highest BCUT2D eigenvalue weighted by Crippen LogP contribution is 2.33. The van der Waals surface area contributed by atoms with E-state index < -0.39 is 0 Å². The molecule has 33 heavy (non-hydrogen) atoms. The van der Waals surface area contributed by atoms with Crippen molar-refractivity contribution in [1.29, 1.82) is 0 Å². The van der Waals surface area contributed by atoms with Gasteiger partial charge < -0.3 is 9.47 Å². The van der Waals surface area contributed by atoms with Gasteiger partial charge in [0.15, 0.2) is 0 Å². The molecule has 1 aliphatic heterocycles. The predicted octanol–water partition coefficient (Wildman–Crippen LogP) is 5.31. The maximum absolute atomic E-state index is 5.12. The fourth-order valence-corrected chi connectivity index (χ4v) is 6.04. The van der Waals surface area contributed by atoms with Crippen LogP contribution in [-0.2, 0) is 19.5 Å². The molecule has 0 saturated carbocycles. The number of piperidine rings is 1. The number of pyridine rings is 1. The van der Waals surface area contributed by atoms with Crippen molar-refractivity contribution < 1.29 is 0 Å². The molecule has 2 aromatic heterocycles. The Bertz CT molecular complexity index is 1070. The van der Waals surface area contributed by atoms with Gasteiger partial charge in [-0.2, -0.15) is 0 Å². The van der Waals surface area contributed by atoms with Gasteiger partial charge in [0.05, 0.1) is 29.3 Å². The number of benzene rings is 1. The smallest absolute Gasteiger partial charge is 0.124 e. The number of fused-ring (bicyclic) bond motifs is 2. The van der Waals surface area contributed by atoms with Crippen LogP contribution in [0.5, 0.6) is 0 Å². The Morgan fingerprint density at radius 2 is 1.97 bits per heavy atom. The summed E-state index contributed by atoms with van der Waals surface area (Å²) >= 11 is 0. The Balaban J connectivity index is 1.38. The molecule has 2 aliphatic rings. The second kappa shape index (κ2) is 9.94. The molecule has 1 fully saturated rings. The zero-order valence-corrected chi connectivity index (χ0v) is 20.6. The molecule has 1 saturated heterocycles. The van der Waals surface area contributed by atoms with Crippen molar-refractivity contribution >= 4 is 11.0 Å². The number of para-hydroxylation sites is 2. The number of likely N-dealkylation sites (tertiary alicyclic amines) is 1. The Labute approximate surface area is 198 Å². The third kappa shape index (κ3) is 4.99. The van der Waals surface area contributed by atoms with E-state index in [9.17, 15) is 0 Å². The van der Waals surface area contributed by atoms with Crippen LogP contribution in [0.4, 0.5) is 0 Å². The second-order valence-corrected chi connectivity index (χ2v) is 10.7. The molecule has 3 heterocycles. The molecule has 5 heteroatoms. The van der Waals surface area contributed by atoms with Gasteiger partial charge >= 0.3 is 0 Å².